The summed E-state index contributed by atoms with van der Waals surface area (Å²) in [6.07, 6.45) is -3.47. The molecule has 0 saturated carbocycles. The van der Waals surface area contributed by atoms with E-state index in [1.54, 1.807) is 27.1 Å². The maximum Gasteiger partial charge on any atom is 0.416 e. The highest BCUT2D eigenvalue weighted by Gasteiger charge is 2.30. The Balaban J connectivity index is 2.08. The summed E-state index contributed by atoms with van der Waals surface area (Å²) in [6.45, 7) is 3.67. The van der Waals surface area contributed by atoms with Crippen molar-refractivity contribution in [3.8, 4) is 0 Å². The van der Waals surface area contributed by atoms with Gasteiger partial charge in [0.15, 0.2) is 5.96 Å². The average Bonchev–Trinajstić information content (AvgIpc) is 3.16. The van der Waals surface area contributed by atoms with Gasteiger partial charge in [-0.1, -0.05) is 12.1 Å². The Labute approximate surface area is 163 Å². The molecule has 1 aliphatic heterocycles. The first kappa shape index (κ1) is 22.0. The van der Waals surface area contributed by atoms with Crippen molar-refractivity contribution in [2.75, 3.05) is 40.4 Å². The first-order valence-corrected chi connectivity index (χ1v) is 9.16. The normalized spacial score (nSPS) is 18.6. The number of carbonyl (C=O) groups is 1. The number of hydrogen-bond donors (Lipinski definition) is 2. The van der Waals surface area contributed by atoms with E-state index in [9.17, 15) is 18.0 Å². The minimum absolute atomic E-state index is 0.0567. The fourth-order valence-corrected chi connectivity index (χ4v) is 2.70. The second kappa shape index (κ2) is 9.77. The van der Waals surface area contributed by atoms with Gasteiger partial charge in [0.05, 0.1) is 18.2 Å². The van der Waals surface area contributed by atoms with E-state index in [2.05, 4.69) is 15.6 Å². The Kier molecular flexibility index (Phi) is 7.68. The predicted octanol–water partition coefficient (Wildman–Crippen LogP) is 2.43. The number of nitrogens with one attached hydrogen (secondary N) is 2. The lowest BCUT2D eigenvalue weighted by atomic mass is 10.0. The third-order valence-corrected chi connectivity index (χ3v) is 4.52. The van der Waals surface area contributed by atoms with E-state index in [1.165, 1.54) is 11.0 Å². The standard InChI is InChI=1S/C19H27F3N4O2/c1-13(15-5-4-6-16(9-15)19(20,21)22)25-18(24-11-17(27)26(2)3)23-10-14-7-8-28-12-14/h4-6,9,13-14H,7-8,10-12H2,1-3H3,(H2,23,24,25). The summed E-state index contributed by atoms with van der Waals surface area (Å²) in [5.74, 6) is 0.546. The molecule has 0 aliphatic carbocycles. The Hall–Kier alpha value is -2.29. The van der Waals surface area contributed by atoms with Crippen LogP contribution in [0.25, 0.3) is 0 Å². The molecule has 2 rings (SSSR count). The number of carbonyl (C=O) groups excluding carboxylic acids is 1. The van der Waals surface area contributed by atoms with Gasteiger partial charge in [0.1, 0.15) is 6.54 Å². The molecule has 1 aliphatic rings. The van der Waals surface area contributed by atoms with E-state index in [4.69, 9.17) is 4.74 Å². The number of rotatable bonds is 6. The Morgan fingerprint density at radius 2 is 2.14 bits per heavy atom. The maximum atomic E-state index is 13.0. The number of nitrogens with zero attached hydrogens (tertiary/aromatic N) is 2. The van der Waals surface area contributed by atoms with Crippen molar-refractivity contribution in [3.05, 3.63) is 35.4 Å². The number of aliphatic imine (C=N–C) groups is 1. The highest BCUT2D eigenvalue weighted by atomic mass is 19.4. The molecule has 28 heavy (non-hydrogen) atoms. The summed E-state index contributed by atoms with van der Waals surface area (Å²) in [5.41, 5.74) is -0.219. The van der Waals surface area contributed by atoms with Crippen LogP contribution in [-0.4, -0.2) is 57.2 Å². The molecule has 0 spiro atoms. The molecule has 1 amide bonds. The van der Waals surface area contributed by atoms with Crippen LogP contribution in [0.2, 0.25) is 0 Å². The lowest BCUT2D eigenvalue weighted by molar-refractivity contribution is -0.137. The molecule has 1 aromatic carbocycles. The van der Waals surface area contributed by atoms with Crippen LogP contribution in [-0.2, 0) is 15.7 Å². The van der Waals surface area contributed by atoms with Gasteiger partial charge >= 0.3 is 6.18 Å². The SMILES string of the molecule is CC(NC(=NCC(=O)N(C)C)NCC1CCOC1)c1cccc(C(F)(F)F)c1. The van der Waals surface area contributed by atoms with Crippen LogP contribution in [0.1, 0.15) is 30.5 Å². The molecule has 156 valence electrons. The second-order valence-electron chi connectivity index (χ2n) is 7.05. The molecule has 2 N–H and O–H groups in total. The van der Waals surface area contributed by atoms with Gasteiger partial charge in [-0.3, -0.25) is 4.79 Å². The largest absolute Gasteiger partial charge is 0.416 e. The van der Waals surface area contributed by atoms with E-state index in [0.717, 1.165) is 18.6 Å². The molecule has 6 nitrogen and oxygen atoms in total. The monoisotopic (exact) mass is 400 g/mol. The molecule has 2 atom stereocenters. The average molecular weight is 400 g/mol. The Morgan fingerprint density at radius 1 is 1.39 bits per heavy atom. The highest BCUT2D eigenvalue weighted by Crippen LogP contribution is 2.30. The van der Waals surface area contributed by atoms with E-state index in [0.29, 0.717) is 37.2 Å². The molecular formula is C19H27F3N4O2. The van der Waals surface area contributed by atoms with E-state index in [1.807, 2.05) is 0 Å². The third-order valence-electron chi connectivity index (χ3n) is 4.52. The number of benzene rings is 1. The molecule has 1 heterocycles. The number of halogens is 3. The number of amides is 1. The Bertz CT molecular complexity index is 686. The van der Waals surface area contributed by atoms with Crippen LogP contribution in [0.4, 0.5) is 13.2 Å². The smallest absolute Gasteiger partial charge is 0.381 e. The summed E-state index contributed by atoms with van der Waals surface area (Å²) in [5, 5.41) is 6.26. The fraction of sp³-hybridized carbons (Fsp3) is 0.579. The van der Waals surface area contributed by atoms with E-state index >= 15 is 0 Å². The van der Waals surface area contributed by atoms with Crippen LogP contribution in [0.15, 0.2) is 29.3 Å². The lowest BCUT2D eigenvalue weighted by Gasteiger charge is -2.21. The van der Waals surface area contributed by atoms with Gasteiger partial charge in [-0.15, -0.1) is 0 Å². The van der Waals surface area contributed by atoms with Gasteiger partial charge in [0.2, 0.25) is 5.91 Å². The van der Waals surface area contributed by atoms with Crippen molar-refractivity contribution in [1.29, 1.82) is 0 Å². The van der Waals surface area contributed by atoms with Gasteiger partial charge in [-0.05, 0) is 31.0 Å². The lowest BCUT2D eigenvalue weighted by Crippen LogP contribution is -2.42. The van der Waals surface area contributed by atoms with Crippen molar-refractivity contribution in [2.24, 2.45) is 10.9 Å². The van der Waals surface area contributed by atoms with Gasteiger partial charge in [-0.2, -0.15) is 13.2 Å². The number of ether oxygens (including phenoxy) is 1. The van der Waals surface area contributed by atoms with E-state index < -0.39 is 17.8 Å². The number of guanidine groups is 1. The molecular weight excluding hydrogens is 373 g/mol. The number of hydrogen-bond acceptors (Lipinski definition) is 3. The van der Waals surface area contributed by atoms with Gasteiger partial charge in [0, 0.05) is 33.2 Å². The number of likely N-dealkylation sites (N-methyl/N-ethyl adjacent to an activating group) is 1. The molecule has 9 heteroatoms. The first-order valence-electron chi connectivity index (χ1n) is 9.16. The summed E-state index contributed by atoms with van der Waals surface area (Å²) in [6, 6.07) is 4.74. The van der Waals surface area contributed by atoms with Gasteiger partial charge in [0.25, 0.3) is 0 Å². The van der Waals surface area contributed by atoms with E-state index in [-0.39, 0.29) is 12.5 Å². The molecule has 0 aromatic heterocycles. The van der Waals surface area contributed by atoms with Gasteiger partial charge < -0.3 is 20.3 Å². The first-order chi connectivity index (χ1) is 13.2. The van der Waals surface area contributed by atoms with Crippen molar-refractivity contribution < 1.29 is 22.7 Å². The second-order valence-corrected chi connectivity index (χ2v) is 7.05. The van der Waals surface area contributed by atoms with Crippen LogP contribution in [0.5, 0.6) is 0 Å². The minimum atomic E-state index is -4.40. The predicted molar refractivity (Wildman–Crippen MR) is 101 cm³/mol. The quantitative estimate of drug-likeness (QED) is 0.569. The van der Waals surface area contributed by atoms with Crippen molar-refractivity contribution >= 4 is 11.9 Å². The zero-order chi connectivity index (χ0) is 20.7. The van der Waals surface area contributed by atoms with Crippen LogP contribution in [0, 0.1) is 5.92 Å². The summed E-state index contributed by atoms with van der Waals surface area (Å²) in [4.78, 5) is 17.6. The number of alkyl halides is 3. The molecule has 1 fully saturated rings. The van der Waals surface area contributed by atoms with Crippen molar-refractivity contribution in [2.45, 2.75) is 25.6 Å². The zero-order valence-corrected chi connectivity index (χ0v) is 16.3. The van der Waals surface area contributed by atoms with Gasteiger partial charge in [-0.25, -0.2) is 4.99 Å². The molecule has 2 unspecified atom stereocenters. The van der Waals surface area contributed by atoms with Crippen LogP contribution in [0.3, 0.4) is 0 Å². The van der Waals surface area contributed by atoms with Crippen LogP contribution >= 0.6 is 0 Å². The van der Waals surface area contributed by atoms with Crippen LogP contribution < -0.4 is 10.6 Å². The summed E-state index contributed by atoms with van der Waals surface area (Å²) >= 11 is 0. The molecule has 1 aromatic rings. The molecule has 0 radical (unpaired) electrons. The zero-order valence-electron chi connectivity index (χ0n) is 16.3. The fourth-order valence-electron chi connectivity index (χ4n) is 2.70. The van der Waals surface area contributed by atoms with Crippen molar-refractivity contribution in [3.63, 3.8) is 0 Å². The summed E-state index contributed by atoms with van der Waals surface area (Å²) in [7, 11) is 3.28. The molecule has 1 saturated heterocycles. The molecule has 0 bridgehead atoms. The van der Waals surface area contributed by atoms with Crippen molar-refractivity contribution in [1.82, 2.24) is 15.5 Å². The minimum Gasteiger partial charge on any atom is -0.381 e. The maximum absolute atomic E-state index is 13.0. The highest BCUT2D eigenvalue weighted by molar-refractivity contribution is 5.85. The third kappa shape index (κ3) is 6.70. The Morgan fingerprint density at radius 3 is 2.75 bits per heavy atom. The summed E-state index contributed by atoms with van der Waals surface area (Å²) < 4.78 is 44.2. The topological polar surface area (TPSA) is 66.0 Å².